The van der Waals surface area contributed by atoms with E-state index in [1.807, 2.05) is 42.3 Å². The van der Waals surface area contributed by atoms with E-state index in [2.05, 4.69) is 5.32 Å². The highest BCUT2D eigenvalue weighted by molar-refractivity contribution is 7.80. The summed E-state index contributed by atoms with van der Waals surface area (Å²) in [5.74, 6) is 0. The van der Waals surface area contributed by atoms with E-state index in [4.69, 9.17) is 17.3 Å². The van der Waals surface area contributed by atoms with Crippen molar-refractivity contribution in [1.29, 1.82) is 0 Å². The van der Waals surface area contributed by atoms with Gasteiger partial charge in [0.1, 0.15) is 0 Å². The first-order valence-electron chi connectivity index (χ1n) is 5.02. The Morgan fingerprint density at radius 2 is 2.31 bits per heavy atom. The molecule has 0 heterocycles. The van der Waals surface area contributed by atoms with Crippen molar-refractivity contribution in [3.05, 3.63) is 35.9 Å². The number of nitrogens with one attached hydrogen (secondary N) is 1. The third-order valence-corrected chi connectivity index (χ3v) is 2.67. The highest BCUT2D eigenvalue weighted by atomic mass is 32.1. The summed E-state index contributed by atoms with van der Waals surface area (Å²) < 4.78 is 0. The second kappa shape index (κ2) is 6.25. The molecule has 0 aliphatic carbocycles. The Kier molecular flexibility index (Phi) is 4.95. The van der Waals surface area contributed by atoms with Crippen molar-refractivity contribution in [1.82, 2.24) is 5.32 Å². The van der Waals surface area contributed by atoms with Gasteiger partial charge in [0.25, 0.3) is 0 Å². The molecule has 1 aromatic rings. The smallest absolute Gasteiger partial charge is 0.172 e. The van der Waals surface area contributed by atoms with E-state index in [9.17, 15) is 0 Å². The van der Waals surface area contributed by atoms with Crippen LogP contribution in [-0.4, -0.2) is 30.9 Å². The predicted molar refractivity (Wildman–Crippen MR) is 72.6 cm³/mol. The first-order chi connectivity index (χ1) is 7.69. The number of nitrogens with zero attached hydrogens (tertiary/aromatic N) is 1. The molecule has 0 amide bonds. The topological polar surface area (TPSA) is 35.5 Å². The summed E-state index contributed by atoms with van der Waals surface area (Å²) in [6.45, 7) is 0.0506. The molecule has 0 radical (unpaired) electrons. The van der Waals surface area contributed by atoms with Gasteiger partial charge in [-0.15, -0.1) is 0 Å². The zero-order valence-corrected chi connectivity index (χ0v) is 10.3. The molecule has 0 saturated heterocycles. The second-order valence-electron chi connectivity index (χ2n) is 3.29. The molecule has 0 aliphatic rings. The van der Waals surface area contributed by atoms with Gasteiger partial charge < -0.3 is 15.3 Å². The van der Waals surface area contributed by atoms with Crippen LogP contribution in [0.15, 0.2) is 30.3 Å². The minimum Gasteiger partial charge on any atom is -0.392 e. The molecule has 1 aromatic carbocycles. The Hall–Kier alpha value is -1.39. The summed E-state index contributed by atoms with van der Waals surface area (Å²) in [7, 11) is 3.71. The van der Waals surface area contributed by atoms with Gasteiger partial charge in [-0.1, -0.05) is 24.3 Å². The van der Waals surface area contributed by atoms with Crippen molar-refractivity contribution in [2.75, 3.05) is 25.6 Å². The van der Waals surface area contributed by atoms with Crippen molar-refractivity contribution < 1.29 is 5.11 Å². The van der Waals surface area contributed by atoms with E-state index in [1.165, 1.54) is 0 Å². The Labute approximate surface area is 101 Å². The summed E-state index contributed by atoms with van der Waals surface area (Å²) in [5, 5.41) is 12.3. The van der Waals surface area contributed by atoms with Crippen molar-refractivity contribution in [2.45, 2.75) is 0 Å². The van der Waals surface area contributed by atoms with E-state index in [0.29, 0.717) is 5.11 Å². The molecule has 4 heteroatoms. The van der Waals surface area contributed by atoms with Crippen LogP contribution in [0.4, 0.5) is 5.69 Å². The molecular formula is C12H16N2OS. The second-order valence-corrected chi connectivity index (χ2v) is 3.68. The summed E-state index contributed by atoms with van der Waals surface area (Å²) in [6, 6.07) is 7.93. The molecule has 1 rings (SSSR count). The van der Waals surface area contributed by atoms with E-state index in [1.54, 1.807) is 13.1 Å². The van der Waals surface area contributed by atoms with Gasteiger partial charge in [0, 0.05) is 19.8 Å². The Morgan fingerprint density at radius 3 is 2.94 bits per heavy atom. The zero-order chi connectivity index (χ0) is 12.0. The number of hydrogen-bond acceptors (Lipinski definition) is 2. The van der Waals surface area contributed by atoms with Crippen LogP contribution in [0.25, 0.3) is 6.08 Å². The first-order valence-corrected chi connectivity index (χ1v) is 5.42. The fourth-order valence-electron chi connectivity index (χ4n) is 1.31. The molecule has 16 heavy (non-hydrogen) atoms. The number of thiocarbonyl (C=S) groups is 1. The Bertz CT molecular complexity index is 390. The molecule has 0 saturated carbocycles. The van der Waals surface area contributed by atoms with Crippen molar-refractivity contribution in [2.24, 2.45) is 0 Å². The molecule has 86 valence electrons. The highest BCUT2D eigenvalue weighted by Gasteiger charge is 2.04. The molecule has 2 N–H and O–H groups in total. The van der Waals surface area contributed by atoms with E-state index < -0.39 is 0 Å². The maximum Gasteiger partial charge on any atom is 0.172 e. The third kappa shape index (κ3) is 3.32. The Morgan fingerprint density at radius 1 is 1.56 bits per heavy atom. The molecule has 0 aromatic heterocycles. The van der Waals surface area contributed by atoms with Gasteiger partial charge in [0.2, 0.25) is 0 Å². The van der Waals surface area contributed by atoms with Gasteiger partial charge >= 0.3 is 0 Å². The van der Waals surface area contributed by atoms with Gasteiger partial charge in [0.15, 0.2) is 5.11 Å². The van der Waals surface area contributed by atoms with Crippen molar-refractivity contribution in [3.8, 4) is 0 Å². The SMILES string of the molecule is CNC(=S)N(C)c1cccc(C=CCO)c1. The first kappa shape index (κ1) is 12.7. The fourth-order valence-corrected chi connectivity index (χ4v) is 1.42. The van der Waals surface area contributed by atoms with Crippen LogP contribution in [0, 0.1) is 0 Å². The summed E-state index contributed by atoms with van der Waals surface area (Å²) >= 11 is 5.15. The normalized spacial score (nSPS) is 10.4. The number of aliphatic hydroxyl groups is 1. The van der Waals surface area contributed by atoms with Crippen molar-refractivity contribution in [3.63, 3.8) is 0 Å². The zero-order valence-electron chi connectivity index (χ0n) is 9.47. The van der Waals surface area contributed by atoms with E-state index >= 15 is 0 Å². The fraction of sp³-hybridized carbons (Fsp3) is 0.250. The average Bonchev–Trinajstić information content (AvgIpc) is 2.34. The van der Waals surface area contributed by atoms with Crippen LogP contribution in [0.5, 0.6) is 0 Å². The quantitative estimate of drug-likeness (QED) is 0.782. The summed E-state index contributed by atoms with van der Waals surface area (Å²) in [5.41, 5.74) is 2.05. The van der Waals surface area contributed by atoms with Crippen LogP contribution in [0.3, 0.4) is 0 Å². The number of rotatable bonds is 3. The predicted octanol–water partition coefficient (Wildman–Crippen LogP) is 1.63. The summed E-state index contributed by atoms with van der Waals surface area (Å²) in [6.07, 6.45) is 3.58. The summed E-state index contributed by atoms with van der Waals surface area (Å²) in [4.78, 5) is 1.89. The maximum atomic E-state index is 8.70. The minimum absolute atomic E-state index is 0.0506. The van der Waals surface area contributed by atoms with Crippen LogP contribution >= 0.6 is 12.2 Å². The van der Waals surface area contributed by atoms with Crippen LogP contribution in [-0.2, 0) is 0 Å². The van der Waals surface area contributed by atoms with Gasteiger partial charge in [-0.25, -0.2) is 0 Å². The number of aliphatic hydroxyl groups excluding tert-OH is 1. The molecule has 3 nitrogen and oxygen atoms in total. The third-order valence-electron chi connectivity index (χ3n) is 2.19. The lowest BCUT2D eigenvalue weighted by atomic mass is 10.2. The van der Waals surface area contributed by atoms with E-state index in [-0.39, 0.29) is 6.61 Å². The van der Waals surface area contributed by atoms with Crippen molar-refractivity contribution >= 4 is 29.1 Å². The van der Waals surface area contributed by atoms with Gasteiger partial charge in [-0.05, 0) is 29.9 Å². The monoisotopic (exact) mass is 236 g/mol. The van der Waals surface area contributed by atoms with Gasteiger partial charge in [-0.2, -0.15) is 0 Å². The molecule has 0 atom stereocenters. The maximum absolute atomic E-state index is 8.70. The molecule has 0 bridgehead atoms. The number of anilines is 1. The molecule has 0 fully saturated rings. The molecule has 0 aliphatic heterocycles. The molecule has 0 spiro atoms. The van der Waals surface area contributed by atoms with Gasteiger partial charge in [-0.3, -0.25) is 0 Å². The lowest BCUT2D eigenvalue weighted by Gasteiger charge is -2.19. The van der Waals surface area contributed by atoms with Crippen LogP contribution < -0.4 is 10.2 Å². The van der Waals surface area contributed by atoms with Crippen LogP contribution in [0.1, 0.15) is 5.56 Å². The lowest BCUT2D eigenvalue weighted by Crippen LogP contribution is -2.34. The molecular weight excluding hydrogens is 220 g/mol. The highest BCUT2D eigenvalue weighted by Crippen LogP contribution is 2.15. The number of benzene rings is 1. The van der Waals surface area contributed by atoms with Crippen LogP contribution in [0.2, 0.25) is 0 Å². The number of hydrogen-bond donors (Lipinski definition) is 2. The lowest BCUT2D eigenvalue weighted by molar-refractivity contribution is 0.343. The molecule has 0 unspecified atom stereocenters. The Balaban J connectivity index is 2.89. The minimum atomic E-state index is 0.0506. The standard InChI is InChI=1S/C12H16N2OS/c1-13-12(16)14(2)11-7-3-5-10(9-11)6-4-8-15/h3-7,9,15H,8H2,1-2H3,(H,13,16). The van der Waals surface area contributed by atoms with Gasteiger partial charge in [0.05, 0.1) is 6.61 Å². The largest absolute Gasteiger partial charge is 0.392 e. The average molecular weight is 236 g/mol. The van der Waals surface area contributed by atoms with E-state index in [0.717, 1.165) is 11.3 Å².